The number of halogens is 2. The quantitative estimate of drug-likeness (QED) is 0.394. The lowest BCUT2D eigenvalue weighted by Gasteiger charge is -2.26. The molecule has 1 aliphatic heterocycles. The van der Waals surface area contributed by atoms with Crippen LogP contribution in [0.1, 0.15) is 44.4 Å². The fourth-order valence-electron chi connectivity index (χ4n) is 4.76. The van der Waals surface area contributed by atoms with Crippen molar-refractivity contribution in [2.24, 2.45) is 0 Å². The monoisotopic (exact) mass is 537 g/mol. The minimum Gasteiger partial charge on any atom is -0.298 e. The Kier molecular flexibility index (Phi) is 9.38. The Labute approximate surface area is 218 Å². The van der Waals surface area contributed by atoms with Crippen molar-refractivity contribution < 1.29 is 8.42 Å². The Balaban J connectivity index is 0.00000342. The van der Waals surface area contributed by atoms with Gasteiger partial charge in [-0.1, -0.05) is 48.9 Å². The van der Waals surface area contributed by atoms with Crippen LogP contribution in [-0.2, 0) is 22.8 Å². The van der Waals surface area contributed by atoms with Gasteiger partial charge in [0.1, 0.15) is 0 Å². The first kappa shape index (κ1) is 27.7. The van der Waals surface area contributed by atoms with E-state index >= 15 is 0 Å². The standard InChI is InChI=1S/C26H32ClN3O3S.ClH/c1-3-34(32,33)19(2)14-16-29-15-6-7-22(29)18-30-26(31)24-9-5-4-8-23(24)25(28-30)17-20-10-12-21(27)13-11-20;/h4-5,8-13,19,22H,3,6-7,14-18H2,1-2H3;1H/t19?,22-;/m1./s1. The van der Waals surface area contributed by atoms with Crippen LogP contribution >= 0.6 is 24.0 Å². The molecule has 6 nitrogen and oxygen atoms in total. The second-order valence-corrected chi connectivity index (χ2v) is 12.3. The van der Waals surface area contributed by atoms with Gasteiger partial charge in [0.05, 0.1) is 22.9 Å². The topological polar surface area (TPSA) is 72.3 Å². The predicted molar refractivity (Wildman–Crippen MR) is 146 cm³/mol. The van der Waals surface area contributed by atoms with Crippen molar-refractivity contribution in [2.75, 3.05) is 18.8 Å². The molecular formula is C26H33Cl2N3O3S. The summed E-state index contributed by atoms with van der Waals surface area (Å²) in [6.45, 7) is 5.63. The summed E-state index contributed by atoms with van der Waals surface area (Å²) in [4.78, 5) is 15.6. The Hall–Kier alpha value is -1.93. The van der Waals surface area contributed by atoms with Crippen LogP contribution in [0, 0.1) is 0 Å². The van der Waals surface area contributed by atoms with Crippen LogP contribution < -0.4 is 5.56 Å². The van der Waals surface area contributed by atoms with Crippen molar-refractivity contribution in [1.29, 1.82) is 0 Å². The molecule has 2 atom stereocenters. The minimum absolute atomic E-state index is 0. The van der Waals surface area contributed by atoms with Gasteiger partial charge in [-0.05, 0) is 63.0 Å². The van der Waals surface area contributed by atoms with Crippen molar-refractivity contribution in [3.8, 4) is 0 Å². The van der Waals surface area contributed by atoms with Gasteiger partial charge in [0, 0.05) is 28.6 Å². The third kappa shape index (κ3) is 6.45. The van der Waals surface area contributed by atoms with E-state index in [1.165, 1.54) is 0 Å². The number of sulfone groups is 1. The summed E-state index contributed by atoms with van der Waals surface area (Å²) in [6.07, 6.45) is 3.23. The van der Waals surface area contributed by atoms with Gasteiger partial charge in [0.25, 0.3) is 5.56 Å². The fraction of sp³-hybridized carbons (Fsp3) is 0.462. The number of hydrogen-bond acceptors (Lipinski definition) is 5. The zero-order chi connectivity index (χ0) is 24.3. The molecule has 3 aromatic rings. The maximum atomic E-state index is 13.3. The molecule has 1 saturated heterocycles. The van der Waals surface area contributed by atoms with Gasteiger partial charge in [-0.3, -0.25) is 9.69 Å². The molecule has 2 heterocycles. The first-order valence-corrected chi connectivity index (χ1v) is 14.1. The van der Waals surface area contributed by atoms with Crippen LogP contribution in [0.25, 0.3) is 10.8 Å². The molecule has 0 spiro atoms. The maximum Gasteiger partial charge on any atom is 0.274 e. The van der Waals surface area contributed by atoms with Crippen molar-refractivity contribution in [1.82, 2.24) is 14.7 Å². The average Bonchev–Trinajstić information content (AvgIpc) is 3.28. The molecule has 0 N–H and O–H groups in total. The van der Waals surface area contributed by atoms with E-state index in [-0.39, 0.29) is 35.0 Å². The van der Waals surface area contributed by atoms with Crippen LogP contribution in [0.15, 0.2) is 53.3 Å². The van der Waals surface area contributed by atoms with Gasteiger partial charge in [0.15, 0.2) is 9.84 Å². The van der Waals surface area contributed by atoms with Crippen LogP contribution in [0.3, 0.4) is 0 Å². The summed E-state index contributed by atoms with van der Waals surface area (Å²) in [5.74, 6) is 0.171. The molecule has 1 unspecified atom stereocenters. The zero-order valence-corrected chi connectivity index (χ0v) is 22.6. The summed E-state index contributed by atoms with van der Waals surface area (Å²) in [6, 6.07) is 15.5. The smallest absolute Gasteiger partial charge is 0.274 e. The van der Waals surface area contributed by atoms with Crippen LogP contribution in [0.4, 0.5) is 0 Å². The second-order valence-electron chi connectivity index (χ2n) is 9.17. The third-order valence-corrected chi connectivity index (χ3v) is 9.47. The molecule has 0 bridgehead atoms. The van der Waals surface area contributed by atoms with Crippen LogP contribution in [0.5, 0.6) is 0 Å². The molecular weight excluding hydrogens is 505 g/mol. The highest BCUT2D eigenvalue weighted by molar-refractivity contribution is 7.91. The first-order chi connectivity index (χ1) is 16.3. The lowest BCUT2D eigenvalue weighted by molar-refractivity contribution is 0.222. The van der Waals surface area contributed by atoms with E-state index in [0.717, 1.165) is 36.0 Å². The van der Waals surface area contributed by atoms with Crippen molar-refractivity contribution in [2.45, 2.75) is 57.4 Å². The van der Waals surface area contributed by atoms with Crippen molar-refractivity contribution in [3.63, 3.8) is 0 Å². The second kappa shape index (κ2) is 11.9. The lowest BCUT2D eigenvalue weighted by atomic mass is 10.0. The number of fused-ring (bicyclic) bond motifs is 1. The van der Waals surface area contributed by atoms with Crippen molar-refractivity contribution in [3.05, 3.63) is 75.2 Å². The Morgan fingerprint density at radius 2 is 1.80 bits per heavy atom. The van der Waals surface area contributed by atoms with Gasteiger partial charge in [-0.15, -0.1) is 12.4 Å². The maximum absolute atomic E-state index is 13.3. The lowest BCUT2D eigenvalue weighted by Crippen LogP contribution is -2.39. The molecule has 0 amide bonds. The normalized spacial score (nSPS) is 17.4. The zero-order valence-electron chi connectivity index (χ0n) is 20.2. The average molecular weight is 539 g/mol. The highest BCUT2D eigenvalue weighted by atomic mass is 35.5. The molecule has 0 saturated carbocycles. The van der Waals surface area contributed by atoms with Crippen LogP contribution in [0.2, 0.25) is 5.02 Å². The number of rotatable bonds is 9. The van der Waals surface area contributed by atoms with Crippen molar-refractivity contribution >= 4 is 44.6 Å². The minimum atomic E-state index is -3.04. The van der Waals surface area contributed by atoms with Gasteiger partial charge < -0.3 is 0 Å². The summed E-state index contributed by atoms with van der Waals surface area (Å²) in [7, 11) is -3.04. The Morgan fingerprint density at radius 3 is 2.49 bits per heavy atom. The molecule has 2 aromatic carbocycles. The number of hydrogen-bond donors (Lipinski definition) is 0. The molecule has 0 aliphatic carbocycles. The molecule has 0 radical (unpaired) electrons. The number of benzene rings is 2. The molecule has 1 aliphatic rings. The molecule has 9 heteroatoms. The van der Waals surface area contributed by atoms with E-state index in [1.807, 2.05) is 48.5 Å². The SMILES string of the molecule is CCS(=O)(=O)C(C)CCN1CCC[C@@H]1Cn1nc(Cc2ccc(Cl)cc2)c2ccccc2c1=O.Cl. The number of likely N-dealkylation sites (tertiary alicyclic amines) is 1. The Morgan fingerprint density at radius 1 is 1.11 bits per heavy atom. The molecule has 190 valence electrons. The summed E-state index contributed by atoms with van der Waals surface area (Å²) < 4.78 is 26.0. The highest BCUT2D eigenvalue weighted by Crippen LogP contribution is 2.22. The van der Waals surface area contributed by atoms with E-state index in [1.54, 1.807) is 18.5 Å². The summed E-state index contributed by atoms with van der Waals surface area (Å²) >= 11 is 6.04. The van der Waals surface area contributed by atoms with E-state index in [9.17, 15) is 13.2 Å². The van der Waals surface area contributed by atoms with E-state index < -0.39 is 9.84 Å². The van der Waals surface area contributed by atoms with Crippen LogP contribution in [-0.4, -0.2) is 53.2 Å². The van der Waals surface area contributed by atoms with E-state index in [4.69, 9.17) is 16.7 Å². The molecule has 4 rings (SSSR count). The fourth-order valence-corrected chi connectivity index (χ4v) is 5.92. The van der Waals surface area contributed by atoms with Gasteiger partial charge in [-0.25, -0.2) is 13.1 Å². The van der Waals surface area contributed by atoms with E-state index in [2.05, 4.69) is 4.90 Å². The van der Waals surface area contributed by atoms with Gasteiger partial charge in [0.2, 0.25) is 0 Å². The molecule has 35 heavy (non-hydrogen) atoms. The summed E-state index contributed by atoms with van der Waals surface area (Å²) in [5.41, 5.74) is 1.87. The number of nitrogens with zero attached hydrogens (tertiary/aromatic N) is 3. The molecule has 1 aromatic heterocycles. The number of aromatic nitrogens is 2. The summed E-state index contributed by atoms with van der Waals surface area (Å²) in [5, 5.41) is 6.70. The first-order valence-electron chi connectivity index (χ1n) is 12.0. The predicted octanol–water partition coefficient (Wildman–Crippen LogP) is 4.74. The van der Waals surface area contributed by atoms with Gasteiger partial charge in [-0.2, -0.15) is 5.10 Å². The Bertz CT molecular complexity index is 1310. The highest BCUT2D eigenvalue weighted by Gasteiger charge is 2.28. The van der Waals surface area contributed by atoms with Gasteiger partial charge >= 0.3 is 0 Å². The third-order valence-electron chi connectivity index (χ3n) is 6.95. The largest absolute Gasteiger partial charge is 0.298 e. The van der Waals surface area contributed by atoms with E-state index in [0.29, 0.717) is 36.3 Å². The molecule has 1 fully saturated rings.